The lowest BCUT2D eigenvalue weighted by atomic mass is 10.0. The molecule has 0 saturated heterocycles. The highest BCUT2D eigenvalue weighted by Gasteiger charge is 2.13. The van der Waals surface area contributed by atoms with Crippen LogP contribution in [0, 0.1) is 13.8 Å². The van der Waals surface area contributed by atoms with E-state index in [2.05, 4.69) is 29.8 Å². The number of hydrogen-bond acceptors (Lipinski definition) is 2. The van der Waals surface area contributed by atoms with Crippen molar-refractivity contribution in [3.8, 4) is 5.75 Å². The summed E-state index contributed by atoms with van der Waals surface area (Å²) in [6.07, 6.45) is 0. The summed E-state index contributed by atoms with van der Waals surface area (Å²) < 4.78 is 0. The number of rotatable bonds is 3. The fraction of sp³-hybridized carbons (Fsp3) is 0.538. The van der Waals surface area contributed by atoms with Gasteiger partial charge in [-0.2, -0.15) is 4.89 Å². The summed E-state index contributed by atoms with van der Waals surface area (Å²) in [7, 11) is 0. The first-order valence-corrected chi connectivity index (χ1v) is 6.47. The molecule has 1 aromatic carbocycles. The molecule has 0 fully saturated rings. The van der Waals surface area contributed by atoms with Crippen molar-refractivity contribution in [3.63, 3.8) is 0 Å². The highest BCUT2D eigenvalue weighted by atomic mass is 79.9. The van der Waals surface area contributed by atoms with Gasteiger partial charge in [0.05, 0.1) is 0 Å². The summed E-state index contributed by atoms with van der Waals surface area (Å²) in [4.78, 5) is 10.6. The van der Waals surface area contributed by atoms with Gasteiger partial charge in [0.15, 0.2) is 5.75 Å². The molecular weight excluding hydrogens is 268 g/mol. The first-order valence-electron chi connectivity index (χ1n) is 5.35. The number of aryl methyl sites for hydroxylation is 2. The van der Waals surface area contributed by atoms with E-state index in [0.29, 0.717) is 0 Å². The first kappa shape index (κ1) is 13.5. The van der Waals surface area contributed by atoms with Crippen LogP contribution < -0.4 is 4.89 Å². The van der Waals surface area contributed by atoms with Crippen LogP contribution in [-0.2, 0) is 10.2 Å². The summed E-state index contributed by atoms with van der Waals surface area (Å²) >= 11 is 3.48. The van der Waals surface area contributed by atoms with Crippen LogP contribution in [0.5, 0.6) is 5.75 Å². The smallest absolute Gasteiger partial charge is 0.165 e. The molecule has 2 nitrogen and oxygen atoms in total. The molecule has 0 aliphatic rings. The van der Waals surface area contributed by atoms with Crippen LogP contribution in [0.2, 0.25) is 0 Å². The quantitative estimate of drug-likeness (QED) is 0.468. The molecule has 0 radical (unpaired) electrons. The lowest BCUT2D eigenvalue weighted by molar-refractivity contribution is -0.274. The average molecular weight is 287 g/mol. The Bertz CT molecular complexity index is 344. The molecular formula is C13H19BrO2. The Balaban J connectivity index is 2.84. The average Bonchev–Trinajstić information content (AvgIpc) is 2.13. The maximum Gasteiger partial charge on any atom is 0.165 e. The Kier molecular flexibility index (Phi) is 4.39. The van der Waals surface area contributed by atoms with Crippen LogP contribution in [0.3, 0.4) is 0 Å². The molecule has 0 unspecified atom stereocenters. The highest BCUT2D eigenvalue weighted by Crippen LogP contribution is 2.24. The summed E-state index contributed by atoms with van der Waals surface area (Å²) in [6, 6.07) is 3.99. The van der Waals surface area contributed by atoms with Crippen molar-refractivity contribution in [2.24, 2.45) is 0 Å². The van der Waals surface area contributed by atoms with Crippen molar-refractivity contribution in [2.45, 2.75) is 45.5 Å². The van der Waals surface area contributed by atoms with Gasteiger partial charge in [-0.25, -0.2) is 0 Å². The number of halogens is 1. The number of benzene rings is 1. The van der Waals surface area contributed by atoms with E-state index >= 15 is 0 Å². The maximum atomic E-state index is 5.32. The Morgan fingerprint density at radius 1 is 1.12 bits per heavy atom. The zero-order valence-electron chi connectivity index (χ0n) is 10.6. The minimum Gasteiger partial charge on any atom is -0.337 e. The molecule has 0 N–H and O–H groups in total. The van der Waals surface area contributed by atoms with Gasteiger partial charge in [-0.15, -0.1) is 0 Å². The van der Waals surface area contributed by atoms with Crippen LogP contribution in [0.15, 0.2) is 12.1 Å². The second-order valence-corrected chi connectivity index (χ2v) is 5.51. The van der Waals surface area contributed by atoms with E-state index in [-0.39, 0.29) is 5.60 Å². The van der Waals surface area contributed by atoms with Crippen LogP contribution in [0.4, 0.5) is 0 Å². The molecule has 1 rings (SSSR count). The number of alkyl halides is 1. The van der Waals surface area contributed by atoms with Crippen molar-refractivity contribution < 1.29 is 9.78 Å². The zero-order valence-corrected chi connectivity index (χ0v) is 12.1. The van der Waals surface area contributed by atoms with Gasteiger partial charge in [-0.3, -0.25) is 0 Å². The molecule has 0 heterocycles. The largest absolute Gasteiger partial charge is 0.337 e. The van der Waals surface area contributed by atoms with Crippen molar-refractivity contribution in [1.29, 1.82) is 0 Å². The topological polar surface area (TPSA) is 18.5 Å². The summed E-state index contributed by atoms with van der Waals surface area (Å²) in [5.41, 5.74) is 3.44. The van der Waals surface area contributed by atoms with Gasteiger partial charge in [-0.05, 0) is 63.4 Å². The lowest BCUT2D eigenvalue weighted by Crippen LogP contribution is -2.21. The number of hydrogen-bond donors (Lipinski definition) is 0. The Morgan fingerprint density at radius 3 is 2.00 bits per heavy atom. The predicted octanol–water partition coefficient (Wildman–Crippen LogP) is 4.31. The molecule has 0 aliphatic heterocycles. The second-order valence-electron chi connectivity index (χ2n) is 4.95. The molecule has 0 amide bonds. The monoisotopic (exact) mass is 286 g/mol. The van der Waals surface area contributed by atoms with E-state index in [0.717, 1.165) is 11.1 Å². The first-order chi connectivity index (χ1) is 7.33. The molecule has 0 spiro atoms. The molecule has 0 saturated carbocycles. The molecule has 90 valence electrons. The van der Waals surface area contributed by atoms with Crippen molar-refractivity contribution in [2.75, 3.05) is 0 Å². The van der Waals surface area contributed by atoms with Gasteiger partial charge in [0.1, 0.15) is 5.60 Å². The van der Waals surface area contributed by atoms with Crippen LogP contribution in [0.25, 0.3) is 0 Å². The van der Waals surface area contributed by atoms with Crippen LogP contribution in [-0.4, -0.2) is 5.60 Å². The van der Waals surface area contributed by atoms with Crippen molar-refractivity contribution in [3.05, 3.63) is 28.8 Å². The van der Waals surface area contributed by atoms with Gasteiger partial charge >= 0.3 is 0 Å². The van der Waals surface area contributed by atoms with Gasteiger partial charge in [0, 0.05) is 5.33 Å². The fourth-order valence-electron chi connectivity index (χ4n) is 1.39. The molecule has 0 aliphatic carbocycles. The molecule has 16 heavy (non-hydrogen) atoms. The minimum absolute atomic E-state index is 0.296. The Labute approximate surface area is 106 Å². The lowest BCUT2D eigenvalue weighted by Gasteiger charge is -2.18. The third-order valence-corrected chi connectivity index (χ3v) is 2.75. The minimum atomic E-state index is -0.296. The van der Waals surface area contributed by atoms with E-state index in [1.54, 1.807) is 0 Å². The normalized spacial score (nSPS) is 11.6. The molecule has 3 heteroatoms. The third-order valence-electron chi connectivity index (χ3n) is 2.19. The molecule has 0 atom stereocenters. The van der Waals surface area contributed by atoms with Crippen molar-refractivity contribution in [1.82, 2.24) is 0 Å². The third kappa shape index (κ3) is 3.80. The molecule has 1 aromatic rings. The summed E-state index contributed by atoms with van der Waals surface area (Å²) in [5, 5.41) is 0.866. The van der Waals surface area contributed by atoms with Crippen LogP contribution >= 0.6 is 15.9 Å². The summed E-state index contributed by atoms with van der Waals surface area (Å²) in [5.74, 6) is 0.759. The van der Waals surface area contributed by atoms with Crippen LogP contribution in [0.1, 0.15) is 37.5 Å². The zero-order chi connectivity index (χ0) is 12.3. The molecule has 0 bridgehead atoms. The van der Waals surface area contributed by atoms with E-state index in [1.807, 2.05) is 32.9 Å². The summed E-state index contributed by atoms with van der Waals surface area (Å²) in [6.45, 7) is 10.0. The standard InChI is InChI=1S/C13H19BrO2/c1-9-6-11(15-16-13(3,4)5)7-10(2)12(9)8-14/h6-7H,8H2,1-5H3. The maximum absolute atomic E-state index is 5.32. The predicted molar refractivity (Wildman–Crippen MR) is 70.0 cm³/mol. The van der Waals surface area contributed by atoms with E-state index in [4.69, 9.17) is 9.78 Å². The van der Waals surface area contributed by atoms with Gasteiger partial charge in [-0.1, -0.05) is 15.9 Å². The highest BCUT2D eigenvalue weighted by molar-refractivity contribution is 9.08. The fourth-order valence-corrected chi connectivity index (χ4v) is 2.27. The van der Waals surface area contributed by atoms with E-state index in [1.165, 1.54) is 16.7 Å². The van der Waals surface area contributed by atoms with E-state index in [9.17, 15) is 0 Å². The van der Waals surface area contributed by atoms with Gasteiger partial charge < -0.3 is 4.89 Å². The van der Waals surface area contributed by atoms with Gasteiger partial charge in [0.2, 0.25) is 0 Å². The molecule has 0 aromatic heterocycles. The Hall–Kier alpha value is -0.540. The Morgan fingerprint density at radius 2 is 1.62 bits per heavy atom. The second kappa shape index (κ2) is 5.19. The van der Waals surface area contributed by atoms with Crippen molar-refractivity contribution >= 4 is 15.9 Å². The van der Waals surface area contributed by atoms with Gasteiger partial charge in [0.25, 0.3) is 0 Å². The SMILES string of the molecule is Cc1cc(OOC(C)(C)C)cc(C)c1CBr. The van der Waals surface area contributed by atoms with E-state index < -0.39 is 0 Å².